The third-order valence-electron chi connectivity index (χ3n) is 5.70. The second-order valence-corrected chi connectivity index (χ2v) is 8.21. The van der Waals surface area contributed by atoms with Gasteiger partial charge in [0.15, 0.2) is 0 Å². The van der Waals surface area contributed by atoms with Crippen molar-refractivity contribution in [2.75, 3.05) is 16.3 Å². The van der Waals surface area contributed by atoms with E-state index < -0.39 is 0 Å². The van der Waals surface area contributed by atoms with Crippen LogP contribution in [0.3, 0.4) is 0 Å². The first-order valence-corrected chi connectivity index (χ1v) is 10.1. The highest BCUT2D eigenvalue weighted by atomic mass is 35.5. The van der Waals surface area contributed by atoms with E-state index in [0.717, 1.165) is 45.6 Å². The number of benzene rings is 2. The molecule has 0 spiro atoms. The van der Waals surface area contributed by atoms with Crippen LogP contribution < -0.4 is 15.2 Å². The van der Waals surface area contributed by atoms with Crippen LogP contribution in [0.4, 0.5) is 17.1 Å². The van der Waals surface area contributed by atoms with E-state index in [0.29, 0.717) is 5.92 Å². The molecule has 2 aliphatic heterocycles. The van der Waals surface area contributed by atoms with Crippen LogP contribution >= 0.6 is 11.6 Å². The summed E-state index contributed by atoms with van der Waals surface area (Å²) in [6.45, 7) is 5.17. The van der Waals surface area contributed by atoms with Crippen molar-refractivity contribution in [2.45, 2.75) is 20.0 Å². The minimum atomic E-state index is 0.135. The topological polar surface area (TPSA) is 48.7 Å². The summed E-state index contributed by atoms with van der Waals surface area (Å²) in [4.78, 5) is 4.69. The summed E-state index contributed by atoms with van der Waals surface area (Å²) in [6, 6.07) is 14.7. The summed E-state index contributed by atoms with van der Waals surface area (Å²) in [5.41, 5.74) is 8.99. The fraction of sp³-hybridized carbons (Fsp3) is 0.273. The Labute approximate surface area is 175 Å². The Balaban J connectivity index is 1.69. The lowest BCUT2D eigenvalue weighted by atomic mass is 10.1. The Morgan fingerprint density at radius 3 is 2.59 bits per heavy atom. The summed E-state index contributed by atoms with van der Waals surface area (Å²) < 4.78 is 1.83. The smallest absolute Gasteiger partial charge is 0.127 e. The maximum atomic E-state index is 6.15. The third-order valence-corrected chi connectivity index (χ3v) is 5.95. The molecule has 2 aliphatic rings. The monoisotopic (exact) mass is 406 g/mol. The maximum Gasteiger partial charge on any atom is 0.127 e. The Morgan fingerprint density at radius 1 is 1.07 bits per heavy atom. The summed E-state index contributed by atoms with van der Waals surface area (Å²) in [6.07, 6.45) is 4.08. The molecule has 2 unspecified atom stereocenters. The summed E-state index contributed by atoms with van der Waals surface area (Å²) in [7, 11) is 1.94. The van der Waals surface area contributed by atoms with Gasteiger partial charge in [-0.15, -0.1) is 0 Å². The van der Waals surface area contributed by atoms with Crippen LogP contribution in [0.15, 0.2) is 60.0 Å². The normalized spacial score (nSPS) is 20.6. The molecule has 7 heteroatoms. The standard InChI is InChI=1S/C22H23ClN6/c1-14-12-28(19-7-5-18(23)6-8-19)21-10-16(17-11-24-27(3)13-17)4-9-20(21)29-15(2)25-26-22(14)29/h4-11,13-14,22,26H,12H2,1-3H3. The molecule has 0 saturated heterocycles. The lowest BCUT2D eigenvalue weighted by molar-refractivity contribution is 0.425. The van der Waals surface area contributed by atoms with Crippen molar-refractivity contribution in [2.24, 2.45) is 18.1 Å². The molecule has 1 N–H and O–H groups in total. The van der Waals surface area contributed by atoms with Crippen molar-refractivity contribution in [1.29, 1.82) is 0 Å². The average Bonchev–Trinajstić information content (AvgIpc) is 3.29. The van der Waals surface area contributed by atoms with Gasteiger partial charge in [-0.3, -0.25) is 10.1 Å². The number of aromatic nitrogens is 2. The predicted molar refractivity (Wildman–Crippen MR) is 119 cm³/mol. The molecule has 0 fully saturated rings. The van der Waals surface area contributed by atoms with Gasteiger partial charge in [-0.2, -0.15) is 10.2 Å². The van der Waals surface area contributed by atoms with Crippen molar-refractivity contribution in [1.82, 2.24) is 15.2 Å². The highest BCUT2D eigenvalue weighted by Gasteiger charge is 2.37. The van der Waals surface area contributed by atoms with Gasteiger partial charge in [-0.1, -0.05) is 24.6 Å². The van der Waals surface area contributed by atoms with Gasteiger partial charge in [0.25, 0.3) is 0 Å². The van der Waals surface area contributed by atoms with Crippen molar-refractivity contribution in [3.05, 3.63) is 59.9 Å². The Hall–Kier alpha value is -2.99. The molecule has 3 heterocycles. The van der Waals surface area contributed by atoms with E-state index in [1.54, 1.807) is 0 Å². The number of amidine groups is 1. The number of hydrogen-bond acceptors (Lipinski definition) is 5. The van der Waals surface area contributed by atoms with E-state index in [9.17, 15) is 0 Å². The van der Waals surface area contributed by atoms with Gasteiger partial charge in [-0.25, -0.2) is 0 Å². The maximum absolute atomic E-state index is 6.15. The summed E-state index contributed by atoms with van der Waals surface area (Å²) in [5.74, 6) is 1.33. The van der Waals surface area contributed by atoms with E-state index in [1.165, 1.54) is 0 Å². The Morgan fingerprint density at radius 2 is 1.86 bits per heavy atom. The molecule has 5 rings (SSSR count). The zero-order valence-corrected chi connectivity index (χ0v) is 17.4. The fourth-order valence-electron chi connectivity index (χ4n) is 4.22. The molecular weight excluding hydrogens is 384 g/mol. The van der Waals surface area contributed by atoms with Crippen LogP contribution in [0.1, 0.15) is 13.8 Å². The van der Waals surface area contributed by atoms with Crippen LogP contribution in [0.25, 0.3) is 11.1 Å². The van der Waals surface area contributed by atoms with Crippen LogP contribution in [0, 0.1) is 5.92 Å². The Bertz CT molecular complexity index is 1090. The number of aryl methyl sites for hydroxylation is 1. The number of hydrazone groups is 1. The zero-order valence-electron chi connectivity index (χ0n) is 16.7. The minimum absolute atomic E-state index is 0.135. The van der Waals surface area contributed by atoms with E-state index in [4.69, 9.17) is 11.6 Å². The molecule has 148 valence electrons. The highest BCUT2D eigenvalue weighted by molar-refractivity contribution is 6.30. The second kappa shape index (κ2) is 6.81. The molecule has 2 aromatic carbocycles. The van der Waals surface area contributed by atoms with Crippen LogP contribution in [0.2, 0.25) is 5.02 Å². The number of anilines is 3. The Kier molecular flexibility index (Phi) is 4.24. The van der Waals surface area contributed by atoms with Gasteiger partial charge in [0.2, 0.25) is 0 Å². The van der Waals surface area contributed by atoms with Gasteiger partial charge in [0.1, 0.15) is 12.0 Å². The van der Waals surface area contributed by atoms with Gasteiger partial charge < -0.3 is 9.80 Å². The fourth-order valence-corrected chi connectivity index (χ4v) is 4.35. The van der Waals surface area contributed by atoms with E-state index in [-0.39, 0.29) is 6.17 Å². The molecule has 29 heavy (non-hydrogen) atoms. The van der Waals surface area contributed by atoms with Crippen molar-refractivity contribution in [3.8, 4) is 11.1 Å². The molecule has 0 aliphatic carbocycles. The molecular formula is C22H23ClN6. The first-order valence-electron chi connectivity index (χ1n) is 9.76. The third kappa shape index (κ3) is 3.04. The lowest BCUT2D eigenvalue weighted by Crippen LogP contribution is -2.45. The predicted octanol–water partition coefficient (Wildman–Crippen LogP) is 4.60. The summed E-state index contributed by atoms with van der Waals surface area (Å²) >= 11 is 6.15. The first-order chi connectivity index (χ1) is 14.0. The van der Waals surface area contributed by atoms with Crippen molar-refractivity contribution in [3.63, 3.8) is 0 Å². The number of fused-ring (bicyclic) bond motifs is 3. The lowest BCUT2D eigenvalue weighted by Gasteiger charge is -2.28. The molecule has 3 aromatic rings. The quantitative estimate of drug-likeness (QED) is 0.675. The first kappa shape index (κ1) is 18.1. The molecule has 6 nitrogen and oxygen atoms in total. The second-order valence-electron chi connectivity index (χ2n) is 7.77. The number of rotatable bonds is 2. The number of nitrogens with zero attached hydrogens (tertiary/aromatic N) is 5. The summed E-state index contributed by atoms with van der Waals surface area (Å²) in [5, 5.41) is 9.59. The molecule has 0 saturated carbocycles. The van der Waals surface area contributed by atoms with Gasteiger partial charge in [0, 0.05) is 42.0 Å². The largest absolute Gasteiger partial charge is 0.339 e. The highest BCUT2D eigenvalue weighted by Crippen LogP contribution is 2.43. The average molecular weight is 407 g/mol. The van der Waals surface area contributed by atoms with Gasteiger partial charge in [0.05, 0.1) is 17.6 Å². The van der Waals surface area contributed by atoms with Crippen LogP contribution in [0.5, 0.6) is 0 Å². The molecule has 1 aromatic heterocycles. The van der Waals surface area contributed by atoms with E-state index >= 15 is 0 Å². The van der Waals surface area contributed by atoms with E-state index in [1.807, 2.05) is 36.3 Å². The number of halogens is 1. The van der Waals surface area contributed by atoms with Gasteiger partial charge in [-0.05, 0) is 48.9 Å². The minimum Gasteiger partial charge on any atom is -0.339 e. The SMILES string of the molecule is CC1=NNC2C(C)CN(c3ccc(Cl)cc3)c3cc(-c4cnn(C)c4)ccc3N12. The molecule has 0 amide bonds. The molecule has 2 atom stereocenters. The van der Waals surface area contributed by atoms with Gasteiger partial charge >= 0.3 is 0 Å². The van der Waals surface area contributed by atoms with Crippen LogP contribution in [-0.4, -0.2) is 28.3 Å². The molecule has 0 radical (unpaired) electrons. The van der Waals surface area contributed by atoms with Crippen molar-refractivity contribution < 1.29 is 0 Å². The molecule has 0 bridgehead atoms. The zero-order chi connectivity index (χ0) is 20.1. The van der Waals surface area contributed by atoms with Crippen LogP contribution in [-0.2, 0) is 7.05 Å². The van der Waals surface area contributed by atoms with Crippen molar-refractivity contribution >= 4 is 34.5 Å². The van der Waals surface area contributed by atoms with E-state index in [2.05, 4.69) is 69.6 Å². The number of nitrogens with one attached hydrogen (secondary N) is 1. The number of hydrogen-bond donors (Lipinski definition) is 1.